The van der Waals surface area contributed by atoms with Gasteiger partial charge in [-0.25, -0.2) is 9.79 Å². The van der Waals surface area contributed by atoms with E-state index in [-0.39, 0.29) is 12.2 Å². The zero-order chi connectivity index (χ0) is 30.1. The average Bonchev–Trinajstić information content (AvgIpc) is 3.53. The lowest BCUT2D eigenvalue weighted by Crippen LogP contribution is -2.40. The minimum atomic E-state index is -0.711. The maximum Gasteiger partial charge on any atom is 0.338 e. The summed E-state index contributed by atoms with van der Waals surface area (Å²) in [7, 11) is 0. The van der Waals surface area contributed by atoms with Crippen molar-refractivity contribution in [2.45, 2.75) is 39.3 Å². The molecule has 1 atom stereocenters. The smallest absolute Gasteiger partial charge is 0.338 e. The summed E-state index contributed by atoms with van der Waals surface area (Å²) in [4.78, 5) is 33.4. The highest BCUT2D eigenvalue weighted by Gasteiger charge is 2.35. The molecule has 3 aromatic carbocycles. The number of terminal acetylenes is 1. The normalized spacial score (nSPS) is 15.0. The van der Waals surface area contributed by atoms with Gasteiger partial charge in [0.05, 0.1) is 35.0 Å². The van der Waals surface area contributed by atoms with Crippen molar-refractivity contribution >= 4 is 40.0 Å². The van der Waals surface area contributed by atoms with E-state index in [1.165, 1.54) is 16.9 Å². The number of thiazole rings is 1. The zero-order valence-corrected chi connectivity index (χ0v) is 25.1. The largest absolute Gasteiger partial charge is 0.463 e. The van der Waals surface area contributed by atoms with Gasteiger partial charge in [-0.3, -0.25) is 9.36 Å². The van der Waals surface area contributed by atoms with Crippen LogP contribution in [0, 0.1) is 12.3 Å². The molecule has 0 saturated heterocycles. The third-order valence-corrected chi connectivity index (χ3v) is 8.64. The molecule has 6 nitrogen and oxygen atoms in total. The summed E-state index contributed by atoms with van der Waals surface area (Å²) in [5.74, 6) is 2.56. The van der Waals surface area contributed by atoms with E-state index < -0.39 is 12.0 Å². The summed E-state index contributed by atoms with van der Waals surface area (Å²) < 4.78 is 9.74. The van der Waals surface area contributed by atoms with Crippen molar-refractivity contribution in [3.8, 4) is 12.3 Å². The van der Waals surface area contributed by atoms with Crippen LogP contribution in [-0.4, -0.2) is 21.7 Å². The first-order valence-electron chi connectivity index (χ1n) is 14.3. The lowest BCUT2D eigenvalue weighted by atomic mass is 9.91. The molecule has 5 aromatic rings. The summed E-state index contributed by atoms with van der Waals surface area (Å²) in [6.07, 6.45) is 9.51. The van der Waals surface area contributed by atoms with Crippen molar-refractivity contribution in [2.24, 2.45) is 4.99 Å². The fraction of sp³-hybridized carbons (Fsp3) is 0.194. The second-order valence-electron chi connectivity index (χ2n) is 10.7. The fourth-order valence-corrected chi connectivity index (χ4v) is 6.57. The molecule has 43 heavy (non-hydrogen) atoms. The molecule has 1 aliphatic heterocycles. The van der Waals surface area contributed by atoms with E-state index in [1.807, 2.05) is 83.6 Å². The molecule has 0 N–H and O–H groups in total. The number of nitrogens with zero attached hydrogens (tertiary/aromatic N) is 3. The Morgan fingerprint density at radius 2 is 1.79 bits per heavy atom. The molecule has 0 unspecified atom stereocenters. The Kier molecular flexibility index (Phi) is 7.71. The second kappa shape index (κ2) is 11.7. The SMILES string of the molecule is C#CCn1cc(C=c2sc3n(c2=O)[C@H](c2ccc(C(C)C)cc2)C(C(=O)OCC)=C(c2ccccc2)N=3)c2ccccc21. The Labute approximate surface area is 253 Å². The van der Waals surface area contributed by atoms with Gasteiger partial charge in [-0.2, -0.15) is 0 Å². The van der Waals surface area contributed by atoms with Crippen molar-refractivity contribution in [1.29, 1.82) is 0 Å². The maximum atomic E-state index is 14.3. The van der Waals surface area contributed by atoms with Crippen LogP contribution in [-0.2, 0) is 16.1 Å². The van der Waals surface area contributed by atoms with Crippen LogP contribution < -0.4 is 14.9 Å². The maximum absolute atomic E-state index is 14.3. The van der Waals surface area contributed by atoms with Gasteiger partial charge in [-0.15, -0.1) is 6.42 Å². The van der Waals surface area contributed by atoms with Crippen molar-refractivity contribution in [3.63, 3.8) is 0 Å². The highest BCUT2D eigenvalue weighted by molar-refractivity contribution is 7.07. The Balaban J connectivity index is 1.64. The molecule has 0 bridgehead atoms. The van der Waals surface area contributed by atoms with Crippen molar-refractivity contribution in [1.82, 2.24) is 9.13 Å². The summed E-state index contributed by atoms with van der Waals surface area (Å²) >= 11 is 1.31. The van der Waals surface area contributed by atoms with E-state index in [0.29, 0.717) is 33.1 Å². The number of aromatic nitrogens is 2. The molecule has 2 aromatic heterocycles. The summed E-state index contributed by atoms with van der Waals surface area (Å²) in [5.41, 5.74) is 5.29. The highest BCUT2D eigenvalue weighted by Crippen LogP contribution is 2.35. The van der Waals surface area contributed by atoms with Gasteiger partial charge in [0.2, 0.25) is 0 Å². The van der Waals surface area contributed by atoms with E-state index in [2.05, 4.69) is 31.9 Å². The molecule has 6 rings (SSSR count). The Hall–Kier alpha value is -4.93. The molecule has 214 valence electrons. The van der Waals surface area contributed by atoms with E-state index in [9.17, 15) is 9.59 Å². The number of fused-ring (bicyclic) bond motifs is 2. The Morgan fingerprint density at radius 3 is 2.49 bits per heavy atom. The number of carbonyl (C=O) groups excluding carboxylic acids is 1. The minimum absolute atomic E-state index is 0.204. The number of ether oxygens (including phenoxy) is 1. The molecule has 7 heteroatoms. The quantitative estimate of drug-likeness (QED) is 0.183. The van der Waals surface area contributed by atoms with Crippen molar-refractivity contribution in [3.05, 3.63) is 133 Å². The molecule has 0 radical (unpaired) electrons. The van der Waals surface area contributed by atoms with Crippen molar-refractivity contribution < 1.29 is 9.53 Å². The van der Waals surface area contributed by atoms with Crippen LogP contribution in [0.25, 0.3) is 22.7 Å². The number of para-hydroxylation sites is 1. The lowest BCUT2D eigenvalue weighted by molar-refractivity contribution is -0.138. The summed E-state index contributed by atoms with van der Waals surface area (Å²) in [5, 5.41) is 1.00. The first-order chi connectivity index (χ1) is 20.9. The predicted molar refractivity (Wildman–Crippen MR) is 172 cm³/mol. The van der Waals surface area contributed by atoms with Crippen LogP contribution in [0.3, 0.4) is 0 Å². The van der Waals surface area contributed by atoms with Gasteiger partial charge in [-0.05, 0) is 36.1 Å². The van der Waals surface area contributed by atoms with Gasteiger partial charge in [0.15, 0.2) is 4.80 Å². The number of esters is 1. The van der Waals surface area contributed by atoms with Crippen LogP contribution >= 0.6 is 11.3 Å². The van der Waals surface area contributed by atoms with Gasteiger partial charge in [-0.1, -0.05) is 104 Å². The van der Waals surface area contributed by atoms with Gasteiger partial charge in [0.25, 0.3) is 5.56 Å². The number of hydrogen-bond acceptors (Lipinski definition) is 5. The van der Waals surface area contributed by atoms with Crippen LogP contribution in [0.2, 0.25) is 0 Å². The lowest BCUT2D eigenvalue weighted by Gasteiger charge is -2.26. The first kappa shape index (κ1) is 28.2. The van der Waals surface area contributed by atoms with Gasteiger partial charge in [0, 0.05) is 28.2 Å². The molecular weight excluding hydrogens is 554 g/mol. The van der Waals surface area contributed by atoms with Crippen LogP contribution in [0.5, 0.6) is 0 Å². The standard InChI is InChI=1S/C36H31N3O3S/c1-5-20-38-22-27(28-14-10-11-15-29(28)38)21-30-34(40)39-33(26-18-16-24(17-19-26)23(3)4)31(35(41)42-6-2)32(37-36(39)43-30)25-12-8-7-9-13-25/h1,7-19,21-23,33H,6,20H2,2-4H3/t33-/m1/s1. The van der Waals surface area contributed by atoms with Crippen LogP contribution in [0.15, 0.2) is 100 Å². The summed E-state index contributed by atoms with van der Waals surface area (Å²) in [6.45, 7) is 6.67. The monoisotopic (exact) mass is 585 g/mol. The number of carbonyl (C=O) groups is 1. The Morgan fingerprint density at radius 1 is 1.07 bits per heavy atom. The number of benzene rings is 3. The number of rotatable bonds is 7. The summed E-state index contributed by atoms with van der Waals surface area (Å²) in [6, 6.07) is 25.0. The molecule has 1 aliphatic rings. The zero-order valence-electron chi connectivity index (χ0n) is 24.3. The third kappa shape index (κ3) is 5.15. The molecule has 0 spiro atoms. The van der Waals surface area contributed by atoms with Crippen molar-refractivity contribution in [2.75, 3.05) is 6.61 Å². The van der Waals surface area contributed by atoms with E-state index >= 15 is 0 Å². The molecule has 0 fully saturated rings. The average molecular weight is 586 g/mol. The Bertz CT molecular complexity index is 2090. The van der Waals surface area contributed by atoms with E-state index in [0.717, 1.165) is 27.6 Å². The minimum Gasteiger partial charge on any atom is -0.463 e. The van der Waals surface area contributed by atoms with Crippen LogP contribution in [0.4, 0.5) is 0 Å². The van der Waals surface area contributed by atoms with E-state index in [4.69, 9.17) is 16.2 Å². The van der Waals surface area contributed by atoms with Crippen LogP contribution in [0.1, 0.15) is 55.0 Å². The number of hydrogen-bond donors (Lipinski definition) is 0. The first-order valence-corrected chi connectivity index (χ1v) is 15.1. The van der Waals surface area contributed by atoms with Gasteiger partial charge >= 0.3 is 5.97 Å². The highest BCUT2D eigenvalue weighted by atomic mass is 32.1. The fourth-order valence-electron chi connectivity index (χ4n) is 5.58. The molecule has 0 amide bonds. The van der Waals surface area contributed by atoms with Gasteiger partial charge in [0.1, 0.15) is 0 Å². The molecule has 0 saturated carbocycles. The molecule has 3 heterocycles. The third-order valence-electron chi connectivity index (χ3n) is 7.66. The topological polar surface area (TPSA) is 65.6 Å². The second-order valence-corrected chi connectivity index (χ2v) is 11.7. The van der Waals surface area contributed by atoms with Gasteiger partial charge < -0.3 is 9.30 Å². The predicted octanol–water partition coefficient (Wildman–Crippen LogP) is 5.65. The van der Waals surface area contributed by atoms with E-state index in [1.54, 1.807) is 11.5 Å². The molecule has 0 aliphatic carbocycles. The molecular formula is C36H31N3O3S.